The molecule has 1 fully saturated rings. The first kappa shape index (κ1) is 13.4. The second-order valence-electron chi connectivity index (χ2n) is 5.47. The van der Waals surface area contributed by atoms with E-state index >= 15 is 0 Å². The summed E-state index contributed by atoms with van der Waals surface area (Å²) < 4.78 is 5.36. The summed E-state index contributed by atoms with van der Waals surface area (Å²) in [6.45, 7) is 0.561. The summed E-state index contributed by atoms with van der Waals surface area (Å²) in [5.41, 5.74) is 1.66. The Morgan fingerprint density at radius 1 is 1.38 bits per heavy atom. The van der Waals surface area contributed by atoms with Gasteiger partial charge in [0.2, 0.25) is 5.91 Å². The Labute approximate surface area is 123 Å². The molecule has 4 heteroatoms. The highest BCUT2D eigenvalue weighted by atomic mass is 16.3. The van der Waals surface area contributed by atoms with Crippen LogP contribution in [0.3, 0.4) is 0 Å². The molecule has 1 saturated carbocycles. The summed E-state index contributed by atoms with van der Waals surface area (Å²) in [4.78, 5) is 14.1. The van der Waals surface area contributed by atoms with Gasteiger partial charge >= 0.3 is 0 Å². The SMILES string of the molecule is CN(Cc1ccc(C#N)cc1)C(=O)C1CC1c1ccco1. The van der Waals surface area contributed by atoms with Crippen molar-refractivity contribution in [1.82, 2.24) is 4.90 Å². The Morgan fingerprint density at radius 2 is 2.14 bits per heavy atom. The highest BCUT2D eigenvalue weighted by Crippen LogP contribution is 2.48. The van der Waals surface area contributed by atoms with Crippen LogP contribution in [0.5, 0.6) is 0 Å². The maximum Gasteiger partial charge on any atom is 0.226 e. The number of rotatable bonds is 4. The zero-order valence-electron chi connectivity index (χ0n) is 11.8. The zero-order valence-corrected chi connectivity index (χ0v) is 11.8. The van der Waals surface area contributed by atoms with Crippen LogP contribution >= 0.6 is 0 Å². The Hall–Kier alpha value is -2.54. The van der Waals surface area contributed by atoms with Gasteiger partial charge < -0.3 is 9.32 Å². The molecule has 0 radical (unpaired) electrons. The van der Waals surface area contributed by atoms with E-state index < -0.39 is 0 Å². The van der Waals surface area contributed by atoms with Gasteiger partial charge in [-0.1, -0.05) is 12.1 Å². The molecule has 3 rings (SSSR count). The van der Waals surface area contributed by atoms with Crippen LogP contribution in [0.15, 0.2) is 47.1 Å². The minimum Gasteiger partial charge on any atom is -0.469 e. The third kappa shape index (κ3) is 2.82. The fourth-order valence-corrected chi connectivity index (χ4v) is 2.60. The number of nitriles is 1. The minimum atomic E-state index is 0.0412. The van der Waals surface area contributed by atoms with Crippen molar-refractivity contribution in [2.24, 2.45) is 5.92 Å². The molecule has 0 N–H and O–H groups in total. The van der Waals surface area contributed by atoms with Crippen LogP contribution < -0.4 is 0 Å². The van der Waals surface area contributed by atoms with Gasteiger partial charge in [-0.3, -0.25) is 4.79 Å². The summed E-state index contributed by atoms with van der Waals surface area (Å²) in [5.74, 6) is 1.33. The molecule has 0 saturated heterocycles. The number of amides is 1. The number of hydrogen-bond donors (Lipinski definition) is 0. The summed E-state index contributed by atoms with van der Waals surface area (Å²) in [7, 11) is 1.82. The molecule has 2 unspecified atom stereocenters. The molecule has 106 valence electrons. The van der Waals surface area contributed by atoms with Gasteiger partial charge in [0, 0.05) is 25.4 Å². The summed E-state index contributed by atoms with van der Waals surface area (Å²) in [5, 5.41) is 8.78. The lowest BCUT2D eigenvalue weighted by atomic mass is 10.1. The summed E-state index contributed by atoms with van der Waals surface area (Å²) in [6, 6.07) is 13.2. The third-order valence-corrected chi connectivity index (χ3v) is 3.90. The molecule has 1 aromatic heterocycles. The molecule has 4 nitrogen and oxygen atoms in total. The van der Waals surface area contributed by atoms with Gasteiger partial charge in [-0.2, -0.15) is 5.26 Å². The van der Waals surface area contributed by atoms with Crippen LogP contribution in [0, 0.1) is 17.2 Å². The number of carbonyl (C=O) groups is 1. The van der Waals surface area contributed by atoms with E-state index in [-0.39, 0.29) is 17.7 Å². The maximum absolute atomic E-state index is 12.4. The van der Waals surface area contributed by atoms with Gasteiger partial charge in [-0.05, 0) is 36.2 Å². The highest BCUT2D eigenvalue weighted by molar-refractivity contribution is 5.82. The topological polar surface area (TPSA) is 57.2 Å². The van der Waals surface area contributed by atoms with E-state index in [0.29, 0.717) is 12.1 Å². The Morgan fingerprint density at radius 3 is 2.76 bits per heavy atom. The Bertz CT molecular complexity index is 668. The number of carbonyl (C=O) groups excluding carboxylic acids is 1. The molecule has 0 spiro atoms. The predicted molar refractivity (Wildman–Crippen MR) is 77.2 cm³/mol. The van der Waals surface area contributed by atoms with Crippen LogP contribution in [0.1, 0.15) is 29.2 Å². The molecule has 21 heavy (non-hydrogen) atoms. The highest BCUT2D eigenvalue weighted by Gasteiger charge is 2.46. The van der Waals surface area contributed by atoms with E-state index in [4.69, 9.17) is 9.68 Å². The smallest absolute Gasteiger partial charge is 0.226 e. The minimum absolute atomic E-state index is 0.0412. The van der Waals surface area contributed by atoms with E-state index in [1.807, 2.05) is 31.3 Å². The van der Waals surface area contributed by atoms with Gasteiger partial charge in [-0.15, -0.1) is 0 Å². The monoisotopic (exact) mass is 280 g/mol. The largest absolute Gasteiger partial charge is 0.469 e. The standard InChI is InChI=1S/C17H16N2O2/c1-19(11-13-6-4-12(10-18)5-7-13)17(20)15-9-14(15)16-3-2-8-21-16/h2-8,14-15H,9,11H2,1H3. The van der Waals surface area contributed by atoms with Crippen LogP contribution in [-0.2, 0) is 11.3 Å². The second kappa shape index (κ2) is 5.45. The first-order valence-electron chi connectivity index (χ1n) is 6.96. The van der Waals surface area contributed by atoms with Crippen molar-refractivity contribution in [2.45, 2.75) is 18.9 Å². The average Bonchev–Trinajstić information content (AvgIpc) is 3.12. The van der Waals surface area contributed by atoms with Crippen molar-refractivity contribution in [2.75, 3.05) is 7.05 Å². The molecule has 1 amide bonds. The fraction of sp³-hybridized carbons (Fsp3) is 0.294. The van der Waals surface area contributed by atoms with E-state index in [9.17, 15) is 4.79 Å². The Balaban J connectivity index is 1.59. The van der Waals surface area contributed by atoms with Crippen molar-refractivity contribution in [3.05, 3.63) is 59.5 Å². The molecule has 2 aromatic rings. The van der Waals surface area contributed by atoms with Crippen LogP contribution in [0.2, 0.25) is 0 Å². The normalized spacial score (nSPS) is 19.8. The van der Waals surface area contributed by atoms with Gasteiger partial charge in [0.25, 0.3) is 0 Å². The van der Waals surface area contributed by atoms with Crippen molar-refractivity contribution >= 4 is 5.91 Å². The van der Waals surface area contributed by atoms with Crippen molar-refractivity contribution < 1.29 is 9.21 Å². The second-order valence-corrected chi connectivity index (χ2v) is 5.47. The van der Waals surface area contributed by atoms with Crippen LogP contribution in [0.25, 0.3) is 0 Å². The fourth-order valence-electron chi connectivity index (χ4n) is 2.60. The van der Waals surface area contributed by atoms with E-state index in [1.165, 1.54) is 0 Å². The third-order valence-electron chi connectivity index (χ3n) is 3.90. The van der Waals surface area contributed by atoms with Crippen LogP contribution in [0.4, 0.5) is 0 Å². The molecule has 0 aliphatic heterocycles. The summed E-state index contributed by atoms with van der Waals surface area (Å²) >= 11 is 0. The van der Waals surface area contributed by atoms with Crippen molar-refractivity contribution in [3.8, 4) is 6.07 Å². The predicted octanol–water partition coefficient (Wildman–Crippen LogP) is 2.91. The first-order valence-corrected chi connectivity index (χ1v) is 6.96. The van der Waals surface area contributed by atoms with E-state index in [0.717, 1.165) is 17.7 Å². The van der Waals surface area contributed by atoms with Crippen molar-refractivity contribution in [1.29, 1.82) is 5.26 Å². The van der Waals surface area contributed by atoms with Crippen molar-refractivity contribution in [3.63, 3.8) is 0 Å². The number of benzene rings is 1. The van der Waals surface area contributed by atoms with Gasteiger partial charge in [0.05, 0.1) is 17.9 Å². The molecule has 1 aliphatic carbocycles. The number of nitrogens with zero attached hydrogens (tertiary/aromatic N) is 2. The number of furan rings is 1. The lowest BCUT2D eigenvalue weighted by Gasteiger charge is -2.17. The Kier molecular flexibility index (Phi) is 3.49. The van der Waals surface area contributed by atoms with E-state index in [1.54, 1.807) is 23.3 Å². The molecular formula is C17H16N2O2. The molecule has 1 heterocycles. The van der Waals surface area contributed by atoms with Gasteiger partial charge in [0.1, 0.15) is 5.76 Å². The first-order chi connectivity index (χ1) is 10.2. The molecular weight excluding hydrogens is 264 g/mol. The van der Waals surface area contributed by atoms with Gasteiger partial charge in [-0.25, -0.2) is 0 Å². The number of hydrogen-bond acceptors (Lipinski definition) is 3. The molecule has 2 atom stereocenters. The molecule has 1 aromatic carbocycles. The zero-order chi connectivity index (χ0) is 14.8. The molecule has 1 aliphatic rings. The lowest BCUT2D eigenvalue weighted by molar-refractivity contribution is -0.131. The molecule has 0 bridgehead atoms. The maximum atomic E-state index is 12.4. The average molecular weight is 280 g/mol. The van der Waals surface area contributed by atoms with Crippen LogP contribution in [-0.4, -0.2) is 17.9 Å². The summed E-state index contributed by atoms with van der Waals surface area (Å²) in [6.07, 6.45) is 2.51. The lowest BCUT2D eigenvalue weighted by Crippen LogP contribution is -2.28. The van der Waals surface area contributed by atoms with Gasteiger partial charge in [0.15, 0.2) is 0 Å². The quantitative estimate of drug-likeness (QED) is 0.865. The van der Waals surface area contributed by atoms with E-state index in [2.05, 4.69) is 6.07 Å².